The molecule has 1 aliphatic heterocycles. The van der Waals surface area contributed by atoms with Crippen LogP contribution in [0.1, 0.15) is 19.8 Å². The van der Waals surface area contributed by atoms with Crippen LogP contribution in [0.5, 0.6) is 11.5 Å². The third-order valence-electron chi connectivity index (χ3n) is 3.67. The fraction of sp³-hybridized carbons (Fsp3) is 0.625. The van der Waals surface area contributed by atoms with Gasteiger partial charge in [0.2, 0.25) is 0 Å². The van der Waals surface area contributed by atoms with Crippen LogP contribution in [0.3, 0.4) is 0 Å². The third-order valence-corrected chi connectivity index (χ3v) is 4.93. The van der Waals surface area contributed by atoms with Crippen LogP contribution < -0.4 is 14.8 Å². The van der Waals surface area contributed by atoms with Crippen molar-refractivity contribution in [2.24, 2.45) is 5.92 Å². The van der Waals surface area contributed by atoms with E-state index in [1.807, 2.05) is 24.3 Å². The largest absolute Gasteiger partial charge is 0.497 e. The molecule has 0 amide bonds. The highest BCUT2D eigenvalue weighted by atomic mass is 32.2. The Bertz CT molecular complexity index is 383. The fourth-order valence-corrected chi connectivity index (χ4v) is 3.92. The van der Waals surface area contributed by atoms with Gasteiger partial charge in [0.1, 0.15) is 11.5 Å². The van der Waals surface area contributed by atoms with E-state index in [0.717, 1.165) is 37.0 Å². The van der Waals surface area contributed by atoms with Crippen LogP contribution in [0.4, 0.5) is 0 Å². The minimum atomic E-state index is 0.666. The standard InChI is InChI=1S/C16H25NO2S/c1-3-9-17-16-12-20-11-13(16)8-10-19-15-6-4-14(18-2)5-7-15/h4-7,13,16-17H,3,8-12H2,1-2H3. The minimum Gasteiger partial charge on any atom is -0.497 e. The van der Waals surface area contributed by atoms with Crippen molar-refractivity contribution >= 4 is 11.8 Å². The molecule has 20 heavy (non-hydrogen) atoms. The van der Waals surface area contributed by atoms with Crippen molar-refractivity contribution in [3.8, 4) is 11.5 Å². The minimum absolute atomic E-state index is 0.666. The molecule has 2 unspecified atom stereocenters. The molecule has 1 N–H and O–H groups in total. The average Bonchev–Trinajstić information content (AvgIpc) is 2.93. The van der Waals surface area contributed by atoms with E-state index in [2.05, 4.69) is 24.0 Å². The van der Waals surface area contributed by atoms with E-state index in [0.29, 0.717) is 6.04 Å². The molecule has 4 heteroatoms. The molecule has 3 nitrogen and oxygen atoms in total. The first-order valence-electron chi connectivity index (χ1n) is 7.41. The quantitative estimate of drug-likeness (QED) is 0.798. The predicted octanol–water partition coefficient (Wildman–Crippen LogP) is 3.20. The van der Waals surface area contributed by atoms with Crippen molar-refractivity contribution in [3.63, 3.8) is 0 Å². The van der Waals surface area contributed by atoms with Gasteiger partial charge < -0.3 is 14.8 Å². The summed E-state index contributed by atoms with van der Waals surface area (Å²) in [6.45, 7) is 4.14. The summed E-state index contributed by atoms with van der Waals surface area (Å²) in [5.41, 5.74) is 0. The van der Waals surface area contributed by atoms with E-state index in [1.165, 1.54) is 17.9 Å². The first-order chi connectivity index (χ1) is 9.83. The Morgan fingerprint density at radius 2 is 1.95 bits per heavy atom. The second kappa shape index (κ2) is 8.42. The lowest BCUT2D eigenvalue weighted by atomic mass is 10.0. The van der Waals surface area contributed by atoms with Crippen LogP contribution in [0, 0.1) is 5.92 Å². The lowest BCUT2D eigenvalue weighted by Crippen LogP contribution is -2.36. The normalized spacial score (nSPS) is 21.9. The van der Waals surface area contributed by atoms with Crippen LogP contribution in [-0.2, 0) is 0 Å². The van der Waals surface area contributed by atoms with E-state index < -0.39 is 0 Å². The summed E-state index contributed by atoms with van der Waals surface area (Å²) in [5.74, 6) is 5.04. The number of thioether (sulfide) groups is 1. The first kappa shape index (κ1) is 15.5. The van der Waals surface area contributed by atoms with E-state index >= 15 is 0 Å². The van der Waals surface area contributed by atoms with Gasteiger partial charge in [-0.15, -0.1) is 0 Å². The number of benzene rings is 1. The van der Waals surface area contributed by atoms with E-state index in [-0.39, 0.29) is 0 Å². The Labute approximate surface area is 126 Å². The van der Waals surface area contributed by atoms with Gasteiger partial charge in [0, 0.05) is 11.8 Å². The molecular formula is C16H25NO2S. The molecule has 0 radical (unpaired) electrons. The van der Waals surface area contributed by atoms with Gasteiger partial charge in [-0.25, -0.2) is 0 Å². The highest BCUT2D eigenvalue weighted by molar-refractivity contribution is 7.99. The number of nitrogens with one attached hydrogen (secondary N) is 1. The Morgan fingerprint density at radius 1 is 1.20 bits per heavy atom. The Morgan fingerprint density at radius 3 is 2.65 bits per heavy atom. The monoisotopic (exact) mass is 295 g/mol. The van der Waals surface area contributed by atoms with Crippen LogP contribution in [0.15, 0.2) is 24.3 Å². The van der Waals surface area contributed by atoms with Crippen molar-refractivity contribution in [2.45, 2.75) is 25.8 Å². The lowest BCUT2D eigenvalue weighted by molar-refractivity contribution is 0.268. The molecule has 1 heterocycles. The maximum atomic E-state index is 5.83. The zero-order valence-electron chi connectivity index (χ0n) is 12.4. The summed E-state index contributed by atoms with van der Waals surface area (Å²) < 4.78 is 11.0. The Kier molecular flexibility index (Phi) is 6.54. The molecule has 0 spiro atoms. The Hall–Kier alpha value is -0.870. The second-order valence-electron chi connectivity index (χ2n) is 5.17. The summed E-state index contributed by atoms with van der Waals surface area (Å²) in [6, 6.07) is 8.47. The van der Waals surface area contributed by atoms with Crippen LogP contribution in [0.2, 0.25) is 0 Å². The highest BCUT2D eigenvalue weighted by Gasteiger charge is 2.26. The molecule has 0 saturated carbocycles. The molecule has 1 aliphatic rings. The van der Waals surface area contributed by atoms with Crippen LogP contribution in [0.25, 0.3) is 0 Å². The molecule has 1 fully saturated rings. The zero-order chi connectivity index (χ0) is 14.2. The molecule has 1 aromatic carbocycles. The van der Waals surface area contributed by atoms with Gasteiger partial charge in [0.15, 0.2) is 0 Å². The van der Waals surface area contributed by atoms with Crippen molar-refractivity contribution in [3.05, 3.63) is 24.3 Å². The van der Waals surface area contributed by atoms with Crippen LogP contribution >= 0.6 is 11.8 Å². The topological polar surface area (TPSA) is 30.5 Å². The second-order valence-corrected chi connectivity index (χ2v) is 6.25. The molecule has 1 aromatic rings. The molecule has 0 bridgehead atoms. The molecule has 1 saturated heterocycles. The molecule has 2 rings (SSSR count). The average molecular weight is 295 g/mol. The van der Waals surface area contributed by atoms with Gasteiger partial charge in [-0.3, -0.25) is 0 Å². The number of ether oxygens (including phenoxy) is 2. The van der Waals surface area contributed by atoms with Gasteiger partial charge in [-0.1, -0.05) is 6.92 Å². The summed E-state index contributed by atoms with van der Waals surface area (Å²) in [7, 11) is 1.68. The van der Waals surface area contributed by atoms with Crippen molar-refractivity contribution in [2.75, 3.05) is 31.8 Å². The predicted molar refractivity (Wildman–Crippen MR) is 86.0 cm³/mol. The maximum absolute atomic E-state index is 5.83. The van der Waals surface area contributed by atoms with Crippen molar-refractivity contribution in [1.29, 1.82) is 0 Å². The smallest absolute Gasteiger partial charge is 0.119 e. The van der Waals surface area contributed by atoms with Gasteiger partial charge in [0.05, 0.1) is 13.7 Å². The van der Waals surface area contributed by atoms with Crippen molar-refractivity contribution in [1.82, 2.24) is 5.32 Å². The van der Waals surface area contributed by atoms with Gasteiger partial charge in [0.25, 0.3) is 0 Å². The molecule has 0 aliphatic carbocycles. The summed E-state index contributed by atoms with van der Waals surface area (Å²) in [5, 5.41) is 3.65. The third kappa shape index (κ3) is 4.60. The summed E-state index contributed by atoms with van der Waals surface area (Å²) in [4.78, 5) is 0. The number of hydrogen-bond acceptors (Lipinski definition) is 4. The van der Waals surface area contributed by atoms with Crippen LogP contribution in [-0.4, -0.2) is 37.8 Å². The van der Waals surface area contributed by atoms with Gasteiger partial charge in [-0.05, 0) is 55.3 Å². The van der Waals surface area contributed by atoms with Crippen molar-refractivity contribution < 1.29 is 9.47 Å². The van der Waals surface area contributed by atoms with Gasteiger partial charge >= 0.3 is 0 Å². The molecule has 0 aromatic heterocycles. The van der Waals surface area contributed by atoms with E-state index in [9.17, 15) is 0 Å². The van der Waals surface area contributed by atoms with E-state index in [1.54, 1.807) is 7.11 Å². The summed E-state index contributed by atoms with van der Waals surface area (Å²) in [6.07, 6.45) is 2.33. The number of rotatable bonds is 8. The number of hydrogen-bond donors (Lipinski definition) is 1. The zero-order valence-corrected chi connectivity index (χ0v) is 13.2. The molecule has 2 atom stereocenters. The highest BCUT2D eigenvalue weighted by Crippen LogP contribution is 2.27. The molecule has 112 valence electrons. The maximum Gasteiger partial charge on any atom is 0.119 e. The number of methoxy groups -OCH3 is 1. The summed E-state index contributed by atoms with van der Waals surface area (Å²) >= 11 is 2.06. The lowest BCUT2D eigenvalue weighted by Gasteiger charge is -2.20. The van der Waals surface area contributed by atoms with Gasteiger partial charge in [-0.2, -0.15) is 11.8 Å². The molecular weight excluding hydrogens is 270 g/mol. The van der Waals surface area contributed by atoms with E-state index in [4.69, 9.17) is 9.47 Å². The first-order valence-corrected chi connectivity index (χ1v) is 8.57. The SMILES string of the molecule is CCCNC1CSCC1CCOc1ccc(OC)cc1. The fourth-order valence-electron chi connectivity index (χ4n) is 2.44. The Balaban J connectivity index is 1.71.